The van der Waals surface area contributed by atoms with Crippen LogP contribution in [0.25, 0.3) is 6.08 Å². The van der Waals surface area contributed by atoms with Crippen LogP contribution < -0.4 is 19.9 Å². The fraction of sp³-hybridized carbons (Fsp3) is 0.167. The Morgan fingerprint density at radius 2 is 1.65 bits per heavy atom. The lowest BCUT2D eigenvalue weighted by Crippen LogP contribution is -1.97. The number of hydrogen-bond acceptors (Lipinski definition) is 5. The minimum atomic E-state index is -0.133. The quantitative estimate of drug-likeness (QED) is 0.504. The van der Waals surface area contributed by atoms with E-state index in [1.807, 2.05) is 0 Å². The molecule has 2 N–H and O–H groups in total. The number of carbonyl (C=O) groups is 1. The molecule has 0 aromatic heterocycles. The summed E-state index contributed by atoms with van der Waals surface area (Å²) in [7, 11) is 4.63. The average molecular weight is 313 g/mol. The molecule has 2 aromatic carbocycles. The molecule has 0 aliphatic carbocycles. The highest BCUT2D eigenvalue weighted by atomic mass is 16.5. The molecule has 0 saturated carbocycles. The van der Waals surface area contributed by atoms with E-state index >= 15 is 0 Å². The van der Waals surface area contributed by atoms with Gasteiger partial charge in [-0.2, -0.15) is 0 Å². The number of allylic oxidation sites excluding steroid dienone is 1. The fourth-order valence-corrected chi connectivity index (χ4v) is 2.16. The smallest absolute Gasteiger partial charge is 0.203 e. The van der Waals surface area contributed by atoms with E-state index in [2.05, 4.69) is 0 Å². The van der Waals surface area contributed by atoms with E-state index in [0.717, 1.165) is 5.56 Å². The number of nitrogens with two attached hydrogens (primary N) is 1. The Morgan fingerprint density at radius 3 is 2.17 bits per heavy atom. The fourth-order valence-electron chi connectivity index (χ4n) is 2.16. The van der Waals surface area contributed by atoms with Crippen molar-refractivity contribution in [1.29, 1.82) is 0 Å². The van der Waals surface area contributed by atoms with Gasteiger partial charge in [-0.15, -0.1) is 0 Å². The van der Waals surface area contributed by atoms with E-state index < -0.39 is 0 Å². The van der Waals surface area contributed by atoms with E-state index in [1.165, 1.54) is 6.08 Å². The Labute approximate surface area is 135 Å². The highest BCUT2D eigenvalue weighted by molar-refractivity contribution is 6.07. The normalized spacial score (nSPS) is 10.6. The summed E-state index contributed by atoms with van der Waals surface area (Å²) < 4.78 is 15.8. The molecule has 0 fully saturated rings. The Morgan fingerprint density at radius 1 is 1.00 bits per heavy atom. The third-order valence-electron chi connectivity index (χ3n) is 3.29. The van der Waals surface area contributed by atoms with Crippen molar-refractivity contribution < 1.29 is 19.0 Å². The molecule has 0 saturated heterocycles. The van der Waals surface area contributed by atoms with Crippen LogP contribution >= 0.6 is 0 Å². The van der Waals surface area contributed by atoms with E-state index in [9.17, 15) is 4.79 Å². The van der Waals surface area contributed by atoms with Gasteiger partial charge in [-0.25, -0.2) is 0 Å². The van der Waals surface area contributed by atoms with Gasteiger partial charge in [0.25, 0.3) is 0 Å². The number of rotatable bonds is 6. The van der Waals surface area contributed by atoms with Crippen LogP contribution in [0.2, 0.25) is 0 Å². The number of hydrogen-bond donors (Lipinski definition) is 1. The van der Waals surface area contributed by atoms with Gasteiger partial charge in [-0.1, -0.05) is 18.2 Å². The second-order valence-electron chi connectivity index (χ2n) is 4.78. The van der Waals surface area contributed by atoms with Crippen LogP contribution in [0.3, 0.4) is 0 Å². The standard InChI is InChI=1S/C18H19NO4/c1-21-16-9-12(10-17(22-2)18(16)23-3)7-8-15(20)13-5-4-6-14(19)11-13/h4-11H,19H2,1-3H3. The van der Waals surface area contributed by atoms with E-state index in [4.69, 9.17) is 19.9 Å². The third-order valence-corrected chi connectivity index (χ3v) is 3.29. The summed E-state index contributed by atoms with van der Waals surface area (Å²) in [6, 6.07) is 10.4. The van der Waals surface area contributed by atoms with Crippen LogP contribution in [0.1, 0.15) is 15.9 Å². The first-order chi connectivity index (χ1) is 11.1. The van der Waals surface area contributed by atoms with Crippen molar-refractivity contribution in [3.63, 3.8) is 0 Å². The highest BCUT2D eigenvalue weighted by Crippen LogP contribution is 2.38. The molecule has 5 heteroatoms. The summed E-state index contributed by atoms with van der Waals surface area (Å²) in [5, 5.41) is 0. The molecule has 0 unspecified atom stereocenters. The summed E-state index contributed by atoms with van der Waals surface area (Å²) in [5.41, 5.74) is 7.54. The van der Waals surface area contributed by atoms with Crippen LogP contribution in [0.5, 0.6) is 17.2 Å². The lowest BCUT2D eigenvalue weighted by atomic mass is 10.1. The number of nitrogen functional groups attached to an aromatic ring is 1. The first-order valence-electron chi connectivity index (χ1n) is 6.97. The zero-order valence-electron chi connectivity index (χ0n) is 13.3. The number of ketones is 1. The summed E-state index contributed by atoms with van der Waals surface area (Å²) in [6.45, 7) is 0. The van der Waals surface area contributed by atoms with Crippen LogP contribution in [0, 0.1) is 0 Å². The first kappa shape index (κ1) is 16.4. The SMILES string of the molecule is COc1cc(C=CC(=O)c2cccc(N)c2)cc(OC)c1OC. The maximum atomic E-state index is 12.2. The molecule has 0 amide bonds. The van der Waals surface area contributed by atoms with Gasteiger partial charge >= 0.3 is 0 Å². The largest absolute Gasteiger partial charge is 0.493 e. The van der Waals surface area contributed by atoms with Crippen molar-refractivity contribution in [2.24, 2.45) is 0 Å². The maximum Gasteiger partial charge on any atom is 0.203 e. The lowest BCUT2D eigenvalue weighted by Gasteiger charge is -2.12. The second-order valence-corrected chi connectivity index (χ2v) is 4.78. The number of benzene rings is 2. The predicted octanol–water partition coefficient (Wildman–Crippen LogP) is 3.19. The molecule has 0 atom stereocenters. The number of methoxy groups -OCH3 is 3. The van der Waals surface area contributed by atoms with Crippen molar-refractivity contribution in [1.82, 2.24) is 0 Å². The van der Waals surface area contributed by atoms with Gasteiger partial charge in [0.15, 0.2) is 17.3 Å². The molecule has 0 bridgehead atoms. The van der Waals surface area contributed by atoms with Crippen LogP contribution in [0.4, 0.5) is 5.69 Å². The maximum absolute atomic E-state index is 12.2. The van der Waals surface area contributed by atoms with Gasteiger partial charge in [-0.3, -0.25) is 4.79 Å². The zero-order chi connectivity index (χ0) is 16.8. The summed E-state index contributed by atoms with van der Waals surface area (Å²) in [5.74, 6) is 1.44. The van der Waals surface area contributed by atoms with Gasteiger partial charge in [0.2, 0.25) is 5.75 Å². The van der Waals surface area contributed by atoms with Crippen molar-refractivity contribution >= 4 is 17.5 Å². The first-order valence-corrected chi connectivity index (χ1v) is 6.97. The van der Waals surface area contributed by atoms with Crippen LogP contribution in [-0.2, 0) is 0 Å². The predicted molar refractivity (Wildman–Crippen MR) is 90.3 cm³/mol. The number of anilines is 1. The Kier molecular flexibility index (Phi) is 5.25. The molecule has 120 valence electrons. The minimum absolute atomic E-state index is 0.133. The summed E-state index contributed by atoms with van der Waals surface area (Å²) >= 11 is 0. The number of ether oxygens (including phenoxy) is 3. The average Bonchev–Trinajstić information content (AvgIpc) is 2.58. The Hall–Kier alpha value is -2.95. The third kappa shape index (κ3) is 3.83. The van der Waals surface area contributed by atoms with E-state index in [-0.39, 0.29) is 5.78 Å². The summed E-state index contributed by atoms with van der Waals surface area (Å²) in [6.07, 6.45) is 3.17. The molecule has 2 rings (SSSR count). The van der Waals surface area contributed by atoms with Gasteiger partial charge in [-0.05, 0) is 35.9 Å². The van der Waals surface area contributed by atoms with Crippen molar-refractivity contribution in [3.8, 4) is 17.2 Å². The molecular weight excluding hydrogens is 294 g/mol. The molecule has 0 aliphatic rings. The number of carbonyl (C=O) groups excluding carboxylic acids is 1. The van der Waals surface area contributed by atoms with Gasteiger partial charge < -0.3 is 19.9 Å². The van der Waals surface area contributed by atoms with Gasteiger partial charge in [0, 0.05) is 11.3 Å². The molecule has 5 nitrogen and oxygen atoms in total. The van der Waals surface area contributed by atoms with Crippen LogP contribution in [0.15, 0.2) is 42.5 Å². The second kappa shape index (κ2) is 7.35. The van der Waals surface area contributed by atoms with Crippen molar-refractivity contribution in [3.05, 3.63) is 53.6 Å². The molecule has 0 aliphatic heterocycles. The molecule has 0 spiro atoms. The van der Waals surface area contributed by atoms with Crippen molar-refractivity contribution in [2.45, 2.75) is 0 Å². The van der Waals surface area contributed by atoms with Crippen LogP contribution in [-0.4, -0.2) is 27.1 Å². The topological polar surface area (TPSA) is 70.8 Å². The van der Waals surface area contributed by atoms with Gasteiger partial charge in [0.1, 0.15) is 0 Å². The molecule has 0 heterocycles. The van der Waals surface area contributed by atoms with E-state index in [1.54, 1.807) is 63.8 Å². The highest BCUT2D eigenvalue weighted by Gasteiger charge is 2.12. The lowest BCUT2D eigenvalue weighted by molar-refractivity contribution is 0.104. The van der Waals surface area contributed by atoms with E-state index in [0.29, 0.717) is 28.5 Å². The Balaban J connectivity index is 2.30. The molecule has 0 radical (unpaired) electrons. The molecule has 23 heavy (non-hydrogen) atoms. The van der Waals surface area contributed by atoms with Crippen molar-refractivity contribution in [2.75, 3.05) is 27.1 Å². The Bertz CT molecular complexity index is 713. The minimum Gasteiger partial charge on any atom is -0.493 e. The summed E-state index contributed by atoms with van der Waals surface area (Å²) in [4.78, 5) is 12.2. The van der Waals surface area contributed by atoms with Gasteiger partial charge in [0.05, 0.1) is 21.3 Å². The zero-order valence-corrected chi connectivity index (χ0v) is 13.3. The monoisotopic (exact) mass is 313 g/mol. The molecular formula is C18H19NO4. The molecule has 2 aromatic rings.